The van der Waals surface area contributed by atoms with E-state index in [2.05, 4.69) is 10.0 Å². The second-order valence-corrected chi connectivity index (χ2v) is 12.0. The molecule has 0 saturated heterocycles. The topological polar surface area (TPSA) is 118 Å². The summed E-state index contributed by atoms with van der Waals surface area (Å²) in [5.74, 6) is -5.58. The van der Waals surface area contributed by atoms with Crippen LogP contribution in [0.3, 0.4) is 0 Å². The minimum atomic E-state index is -4.55. The fourth-order valence-electron chi connectivity index (χ4n) is 6.22. The summed E-state index contributed by atoms with van der Waals surface area (Å²) in [5.41, 5.74) is 2.71. The zero-order valence-corrected chi connectivity index (χ0v) is 18.6. The molecule has 1 aromatic rings. The highest BCUT2D eigenvalue weighted by atomic mass is 32.2. The molecule has 0 aliphatic heterocycles. The fraction of sp³-hybridized carbons (Fsp3) is 0.619. The molecular weight excluding hydrogens is 447 g/mol. The molecule has 4 fully saturated rings. The van der Waals surface area contributed by atoms with Gasteiger partial charge in [0.25, 0.3) is 0 Å². The minimum absolute atomic E-state index is 0.258. The second kappa shape index (κ2) is 7.18. The van der Waals surface area contributed by atoms with Crippen LogP contribution in [0.2, 0.25) is 0 Å². The average Bonchev–Trinajstić information content (AvgIpc) is 2.63. The molecule has 0 aromatic heterocycles. The van der Waals surface area contributed by atoms with Gasteiger partial charge in [-0.3, -0.25) is 9.59 Å². The molecule has 11 heteroatoms. The molecule has 0 spiro atoms. The van der Waals surface area contributed by atoms with Gasteiger partial charge < -0.3 is 11.1 Å². The van der Waals surface area contributed by atoms with Gasteiger partial charge in [0.2, 0.25) is 21.8 Å². The third-order valence-corrected chi connectivity index (χ3v) is 8.82. The lowest BCUT2D eigenvalue weighted by Crippen LogP contribution is -2.68. The van der Waals surface area contributed by atoms with Gasteiger partial charge in [-0.2, -0.15) is 4.72 Å². The molecule has 2 amide bonds. The van der Waals surface area contributed by atoms with Crippen LogP contribution in [0.25, 0.3) is 0 Å². The van der Waals surface area contributed by atoms with Gasteiger partial charge in [-0.15, -0.1) is 0 Å². The first-order chi connectivity index (χ1) is 14.7. The molecule has 7 nitrogen and oxygen atoms in total. The smallest absolute Gasteiger partial charge is 0.241 e. The largest absolute Gasteiger partial charge is 0.369 e. The number of hydrogen-bond acceptors (Lipinski definition) is 4. The van der Waals surface area contributed by atoms with Crippen molar-refractivity contribution >= 4 is 21.8 Å². The number of carbonyl (C=O) groups excluding carboxylic acids is 2. The van der Waals surface area contributed by atoms with Crippen LogP contribution in [-0.4, -0.2) is 31.3 Å². The molecular formula is C21H26F3N3O4S. The predicted molar refractivity (Wildman–Crippen MR) is 108 cm³/mol. The molecule has 2 atom stereocenters. The third kappa shape index (κ3) is 3.79. The highest BCUT2D eigenvalue weighted by molar-refractivity contribution is 7.89. The van der Waals surface area contributed by atoms with Crippen molar-refractivity contribution in [2.75, 3.05) is 0 Å². The number of amides is 2. The van der Waals surface area contributed by atoms with Crippen molar-refractivity contribution in [2.24, 2.45) is 23.0 Å². The molecule has 2 unspecified atom stereocenters. The van der Waals surface area contributed by atoms with E-state index in [1.807, 2.05) is 0 Å². The molecule has 4 saturated carbocycles. The summed E-state index contributed by atoms with van der Waals surface area (Å²) in [6.07, 6.45) is 4.15. The van der Waals surface area contributed by atoms with E-state index in [9.17, 15) is 31.2 Å². The normalized spacial score (nSPS) is 31.5. The third-order valence-electron chi connectivity index (χ3n) is 7.19. The van der Waals surface area contributed by atoms with Gasteiger partial charge in [-0.05, 0) is 76.3 Å². The van der Waals surface area contributed by atoms with E-state index in [-0.39, 0.29) is 17.7 Å². The SMILES string of the molecule is CC(C)(NS(=O)(=O)c1cc(F)c(F)c(F)c1)C(=O)NC12CC3CC(C1)CC(C(N)=O)(C3)C2. The Balaban J connectivity index is 1.55. The molecule has 4 bridgehead atoms. The van der Waals surface area contributed by atoms with Gasteiger partial charge in [-0.1, -0.05) is 0 Å². The maximum atomic E-state index is 13.5. The number of benzene rings is 1. The van der Waals surface area contributed by atoms with E-state index in [0.29, 0.717) is 44.2 Å². The Morgan fingerprint density at radius 2 is 1.59 bits per heavy atom. The van der Waals surface area contributed by atoms with Gasteiger partial charge in [0.1, 0.15) is 5.54 Å². The van der Waals surface area contributed by atoms with Crippen LogP contribution in [0, 0.1) is 34.7 Å². The summed E-state index contributed by atoms with van der Waals surface area (Å²) < 4.78 is 67.7. The summed E-state index contributed by atoms with van der Waals surface area (Å²) in [6, 6.07) is 0.703. The zero-order chi connectivity index (χ0) is 23.7. The summed E-state index contributed by atoms with van der Waals surface area (Å²) >= 11 is 0. The highest BCUT2D eigenvalue weighted by Crippen LogP contribution is 2.61. The van der Waals surface area contributed by atoms with Crippen LogP contribution in [0.15, 0.2) is 17.0 Å². The second-order valence-electron chi connectivity index (χ2n) is 10.3. The lowest BCUT2D eigenvalue weighted by Gasteiger charge is -2.61. The van der Waals surface area contributed by atoms with Crippen LogP contribution in [0.5, 0.6) is 0 Å². The Morgan fingerprint density at radius 1 is 1.06 bits per heavy atom. The first kappa shape index (κ1) is 23.0. The number of carbonyl (C=O) groups is 2. The Hall–Kier alpha value is -2.14. The maximum absolute atomic E-state index is 13.5. The van der Waals surface area contributed by atoms with Crippen LogP contribution < -0.4 is 15.8 Å². The number of nitrogens with two attached hydrogens (primary N) is 1. The number of primary amides is 1. The minimum Gasteiger partial charge on any atom is -0.369 e. The number of hydrogen-bond donors (Lipinski definition) is 3. The molecule has 4 aliphatic rings. The van der Waals surface area contributed by atoms with Crippen LogP contribution >= 0.6 is 0 Å². The van der Waals surface area contributed by atoms with Crippen molar-refractivity contribution in [3.63, 3.8) is 0 Å². The molecule has 0 heterocycles. The predicted octanol–water partition coefficient (Wildman–Crippen LogP) is 2.10. The van der Waals surface area contributed by atoms with E-state index in [1.165, 1.54) is 13.8 Å². The lowest BCUT2D eigenvalue weighted by molar-refractivity contribution is -0.151. The van der Waals surface area contributed by atoms with Crippen LogP contribution in [0.1, 0.15) is 52.4 Å². The average molecular weight is 474 g/mol. The summed E-state index contributed by atoms with van der Waals surface area (Å²) in [6.45, 7) is 2.64. The molecule has 4 N–H and O–H groups in total. The molecule has 0 radical (unpaired) electrons. The standard InChI is InChI=1S/C21H26F3N3O4S/c1-19(2,27-32(30,31)13-4-14(22)16(24)15(23)5-13)18(29)26-21-8-11-3-12(9-21)7-20(6-11,10-21)17(25)28/h4-5,11-12,27H,3,6-10H2,1-2H3,(H2,25,28)(H,26,29). The van der Waals surface area contributed by atoms with Crippen molar-refractivity contribution in [3.05, 3.63) is 29.6 Å². The first-order valence-electron chi connectivity index (χ1n) is 10.5. The van der Waals surface area contributed by atoms with Gasteiger partial charge in [0.15, 0.2) is 17.5 Å². The van der Waals surface area contributed by atoms with Gasteiger partial charge in [0, 0.05) is 5.54 Å². The van der Waals surface area contributed by atoms with Crippen LogP contribution in [0.4, 0.5) is 13.2 Å². The van der Waals surface area contributed by atoms with Crippen molar-refractivity contribution in [3.8, 4) is 0 Å². The Bertz CT molecular complexity index is 1070. The summed E-state index contributed by atoms with van der Waals surface area (Å²) in [7, 11) is -4.55. The van der Waals surface area contributed by atoms with Crippen molar-refractivity contribution in [1.29, 1.82) is 0 Å². The molecule has 5 rings (SSSR count). The maximum Gasteiger partial charge on any atom is 0.241 e. The van der Waals surface area contributed by atoms with Gasteiger partial charge >= 0.3 is 0 Å². The monoisotopic (exact) mass is 473 g/mol. The molecule has 1 aromatic carbocycles. The number of halogens is 3. The Kier molecular flexibility index (Phi) is 5.17. The summed E-state index contributed by atoms with van der Waals surface area (Å²) in [4.78, 5) is 24.6. The first-order valence-corrected chi connectivity index (χ1v) is 12.0. The van der Waals surface area contributed by atoms with E-state index >= 15 is 0 Å². The van der Waals surface area contributed by atoms with Crippen molar-refractivity contribution in [1.82, 2.24) is 10.0 Å². The lowest BCUT2D eigenvalue weighted by atomic mass is 9.46. The summed E-state index contributed by atoms with van der Waals surface area (Å²) in [5, 5.41) is 2.97. The zero-order valence-electron chi connectivity index (χ0n) is 17.8. The number of rotatable bonds is 6. The van der Waals surface area contributed by atoms with Crippen LogP contribution in [-0.2, 0) is 19.6 Å². The molecule has 32 heavy (non-hydrogen) atoms. The number of nitrogens with one attached hydrogen (secondary N) is 2. The van der Waals surface area contributed by atoms with Crippen molar-refractivity contribution < 1.29 is 31.2 Å². The Morgan fingerprint density at radius 3 is 2.09 bits per heavy atom. The van der Waals surface area contributed by atoms with Gasteiger partial charge in [-0.25, -0.2) is 21.6 Å². The van der Waals surface area contributed by atoms with E-state index in [1.54, 1.807) is 0 Å². The fourth-order valence-corrected chi connectivity index (χ4v) is 7.62. The molecule has 4 aliphatic carbocycles. The number of sulfonamides is 1. The van der Waals surface area contributed by atoms with E-state index in [0.717, 1.165) is 6.42 Å². The van der Waals surface area contributed by atoms with E-state index < -0.39 is 54.8 Å². The molecule has 176 valence electrons. The van der Waals surface area contributed by atoms with Crippen molar-refractivity contribution in [2.45, 2.75) is 68.3 Å². The highest BCUT2D eigenvalue weighted by Gasteiger charge is 2.61. The quantitative estimate of drug-likeness (QED) is 0.549. The Labute approximate surface area is 184 Å². The van der Waals surface area contributed by atoms with E-state index in [4.69, 9.17) is 5.73 Å². The van der Waals surface area contributed by atoms with Gasteiger partial charge in [0.05, 0.1) is 10.3 Å².